The number of phenols is 1. The molecule has 2 fully saturated rings. The number of phenolic OH excluding ortho intramolecular Hbond substituents is 1. The molecule has 3 aliphatic carbocycles. The van der Waals surface area contributed by atoms with Gasteiger partial charge in [0.15, 0.2) is 34.7 Å². The molecule has 3 aliphatic rings. The maximum atomic E-state index is 14.4. The number of nitrogens with two attached hydrogens (primary N) is 1. The van der Waals surface area contributed by atoms with Crippen LogP contribution in [0, 0.1) is 23.7 Å². The molecule has 16 nitrogen and oxygen atoms in total. The Balaban J connectivity index is 1.94. The first-order chi connectivity index (χ1) is 21.7. The molecule has 6 N–H and O–H groups in total. The number of carbonyl (C=O) groups excluding carboxylic acids is 7. The molecule has 4 rings (SSSR count). The lowest BCUT2D eigenvalue weighted by atomic mass is 9.51. The van der Waals surface area contributed by atoms with Crippen LogP contribution in [-0.4, -0.2) is 121 Å². The van der Waals surface area contributed by atoms with Gasteiger partial charge in [-0.05, 0) is 52.9 Å². The second-order valence-corrected chi connectivity index (χ2v) is 13.6. The lowest BCUT2D eigenvalue weighted by Gasteiger charge is -2.55. The first-order valence-corrected chi connectivity index (χ1v) is 14.9. The van der Waals surface area contributed by atoms with Crippen LogP contribution in [0.2, 0.25) is 0 Å². The third-order valence-electron chi connectivity index (χ3n) is 9.03. The van der Waals surface area contributed by atoms with Gasteiger partial charge in [-0.3, -0.25) is 33.7 Å². The van der Waals surface area contributed by atoms with Gasteiger partial charge in [0, 0.05) is 31.2 Å². The van der Waals surface area contributed by atoms with Crippen molar-refractivity contribution in [3.8, 4) is 5.75 Å². The topological polar surface area (TPSA) is 235 Å². The average molecular weight is 660 g/mol. The molecule has 0 spiro atoms. The Morgan fingerprint density at radius 2 is 1.70 bits per heavy atom. The Bertz CT molecular complexity index is 1570. The van der Waals surface area contributed by atoms with Crippen molar-refractivity contribution in [1.82, 2.24) is 10.2 Å². The minimum Gasteiger partial charge on any atom is -0.505 e. The molecule has 0 bridgehead atoms. The molecular formula is C31H41N5O11. The van der Waals surface area contributed by atoms with E-state index in [2.05, 4.69) is 15.4 Å². The highest BCUT2D eigenvalue weighted by Gasteiger charge is 2.73. The molecule has 0 saturated heterocycles. The molecule has 0 aliphatic heterocycles. The summed E-state index contributed by atoms with van der Waals surface area (Å²) in [6.07, 6.45) is -3.15. The number of nitrogens with one attached hydrogen (secondary N) is 2. The molecule has 47 heavy (non-hydrogen) atoms. The molecule has 2 saturated carbocycles. The van der Waals surface area contributed by atoms with E-state index in [1.807, 2.05) is 20.8 Å². The Kier molecular flexibility index (Phi) is 9.29. The van der Waals surface area contributed by atoms with Gasteiger partial charge in [-0.2, -0.15) is 0 Å². The third kappa shape index (κ3) is 5.85. The zero-order valence-electron chi connectivity index (χ0n) is 27.5. The summed E-state index contributed by atoms with van der Waals surface area (Å²) in [5.41, 5.74) is 1.91. The Morgan fingerprint density at radius 3 is 2.21 bits per heavy atom. The number of rotatable bonds is 7. The zero-order valence-corrected chi connectivity index (χ0v) is 27.5. The van der Waals surface area contributed by atoms with Gasteiger partial charge in [0.05, 0.1) is 42.8 Å². The van der Waals surface area contributed by atoms with Gasteiger partial charge >= 0.3 is 6.16 Å². The smallest absolute Gasteiger partial charge is 0.505 e. The van der Waals surface area contributed by atoms with E-state index in [1.54, 1.807) is 19.0 Å². The summed E-state index contributed by atoms with van der Waals surface area (Å²) in [5.74, 6) is -14.7. The average Bonchev–Trinajstić information content (AvgIpc) is 2.95. The number of ether oxygens (including phenoxy) is 2. The molecule has 1 aromatic carbocycles. The van der Waals surface area contributed by atoms with Crippen LogP contribution in [0.1, 0.15) is 36.7 Å². The number of hydrogen-bond acceptors (Lipinski definition) is 14. The number of hydrogen-bond donors (Lipinski definition) is 5. The van der Waals surface area contributed by atoms with E-state index < -0.39 is 93.8 Å². The number of fused-ring (bicyclic) bond motifs is 3. The molecule has 2 unspecified atom stereocenters. The Labute approximate surface area is 270 Å². The van der Waals surface area contributed by atoms with Crippen molar-refractivity contribution in [2.75, 3.05) is 52.1 Å². The van der Waals surface area contributed by atoms with Gasteiger partial charge in [-0.25, -0.2) is 4.79 Å². The first kappa shape index (κ1) is 35.4. The molecule has 256 valence electrons. The van der Waals surface area contributed by atoms with E-state index in [0.29, 0.717) is 5.69 Å². The third-order valence-corrected chi connectivity index (χ3v) is 9.03. The standard InChI is InChI=1S/C31H41N5O11/c1-30(2,3)33-11-16(37)34-14-10-15(35(4)5)12-9-13-18(23(39)17(12)22(14)38)26(41)31(45)20(25(13)47-29(44)46-8)21(36(6)7)24(40)19(27(31)42)28(32)43/h10,13,18-21,25,33,38,45H,9,11H2,1-8H3,(H2,32,43)(H,34,37)/t13-,18?,19?,20-,21+,25+,31+/m1/s1. The number of Topliss-reactive ketones (excluding diaryl/α,β-unsaturated/α-hetero) is 4. The maximum absolute atomic E-state index is 14.4. The summed E-state index contributed by atoms with van der Waals surface area (Å²) < 4.78 is 10.3. The van der Waals surface area contributed by atoms with Gasteiger partial charge in [0.25, 0.3) is 0 Å². The van der Waals surface area contributed by atoms with Crippen molar-refractivity contribution in [3.05, 3.63) is 17.2 Å². The minimum absolute atomic E-state index is 0.135. The largest absolute Gasteiger partial charge is 0.508 e. The lowest BCUT2D eigenvalue weighted by Crippen LogP contribution is -2.78. The molecule has 0 aromatic heterocycles. The second-order valence-electron chi connectivity index (χ2n) is 13.6. The first-order valence-electron chi connectivity index (χ1n) is 14.9. The highest BCUT2D eigenvalue weighted by molar-refractivity contribution is 6.32. The monoisotopic (exact) mass is 659 g/mol. The summed E-state index contributed by atoms with van der Waals surface area (Å²) in [6, 6.07) is -0.0888. The van der Waals surface area contributed by atoms with Crippen LogP contribution in [0.15, 0.2) is 6.07 Å². The molecular weight excluding hydrogens is 618 g/mol. The van der Waals surface area contributed by atoms with Gasteiger partial charge in [0.1, 0.15) is 11.9 Å². The molecule has 2 amide bonds. The van der Waals surface area contributed by atoms with Crippen molar-refractivity contribution in [2.45, 2.75) is 50.5 Å². The number of primary amides is 1. The van der Waals surface area contributed by atoms with Crippen LogP contribution in [0.25, 0.3) is 0 Å². The predicted molar refractivity (Wildman–Crippen MR) is 165 cm³/mol. The van der Waals surface area contributed by atoms with Gasteiger partial charge < -0.3 is 41.0 Å². The summed E-state index contributed by atoms with van der Waals surface area (Å²) in [4.78, 5) is 96.7. The molecule has 7 atom stereocenters. The molecule has 0 heterocycles. The van der Waals surface area contributed by atoms with Crippen LogP contribution in [0.5, 0.6) is 5.75 Å². The number of likely N-dealkylation sites (N-methyl/N-ethyl adjacent to an activating group) is 1. The van der Waals surface area contributed by atoms with Crippen LogP contribution in [0.4, 0.5) is 16.2 Å². The number of aliphatic hydroxyl groups is 1. The molecule has 1 aromatic rings. The number of anilines is 2. The number of benzene rings is 1. The van der Waals surface area contributed by atoms with E-state index in [4.69, 9.17) is 10.5 Å². The van der Waals surface area contributed by atoms with Crippen LogP contribution in [0.3, 0.4) is 0 Å². The van der Waals surface area contributed by atoms with Crippen molar-refractivity contribution >= 4 is 52.5 Å². The summed E-state index contributed by atoms with van der Waals surface area (Å²) in [5, 5.41) is 29.0. The fourth-order valence-electron chi connectivity index (χ4n) is 6.99. The van der Waals surface area contributed by atoms with Crippen LogP contribution >= 0.6 is 0 Å². The number of amides is 2. The van der Waals surface area contributed by atoms with Crippen LogP contribution in [-0.2, 0) is 39.9 Å². The van der Waals surface area contributed by atoms with Crippen molar-refractivity contribution in [1.29, 1.82) is 0 Å². The minimum atomic E-state index is -3.18. The quantitative estimate of drug-likeness (QED) is 0.135. The van der Waals surface area contributed by atoms with Gasteiger partial charge in [0.2, 0.25) is 11.8 Å². The number of nitrogens with zero attached hydrogens (tertiary/aromatic N) is 2. The lowest BCUT2D eigenvalue weighted by molar-refractivity contribution is -0.197. The van der Waals surface area contributed by atoms with Crippen molar-refractivity contribution < 1.29 is 53.2 Å². The fraction of sp³-hybridized carbons (Fsp3) is 0.581. The number of methoxy groups -OCH3 is 1. The molecule has 16 heteroatoms. The number of ketones is 4. The van der Waals surface area contributed by atoms with Crippen LogP contribution < -0.4 is 21.3 Å². The Morgan fingerprint density at radius 1 is 1.09 bits per heavy atom. The predicted octanol–water partition coefficient (Wildman–Crippen LogP) is -0.979. The van der Waals surface area contributed by atoms with E-state index in [0.717, 1.165) is 7.11 Å². The van der Waals surface area contributed by atoms with Crippen molar-refractivity contribution in [2.24, 2.45) is 29.4 Å². The summed E-state index contributed by atoms with van der Waals surface area (Å²) in [6.45, 7) is 5.43. The van der Waals surface area contributed by atoms with Gasteiger partial charge in [-0.15, -0.1) is 0 Å². The number of carbonyl (C=O) groups is 7. The second kappa shape index (κ2) is 12.3. The fourth-order valence-corrected chi connectivity index (χ4v) is 6.99. The van der Waals surface area contributed by atoms with E-state index in [1.165, 1.54) is 25.1 Å². The normalized spacial score (nSPS) is 28.6. The van der Waals surface area contributed by atoms with E-state index >= 15 is 0 Å². The number of aromatic hydroxyl groups is 1. The highest BCUT2D eigenvalue weighted by atomic mass is 16.7. The molecule has 0 radical (unpaired) electrons. The van der Waals surface area contributed by atoms with E-state index in [9.17, 15) is 43.8 Å². The highest BCUT2D eigenvalue weighted by Crippen LogP contribution is 2.53. The Hall–Kier alpha value is -4.41. The SMILES string of the molecule is COC(=O)O[C@@H]1[C@H]2[C@H](N(C)C)C(=O)C(C(N)=O)C(=O)[C@@]2(O)C(=O)C2C(=O)c3c(O)c(NC(=O)CNC(C)(C)C)cc(N(C)C)c3C[C@H]21. The van der Waals surface area contributed by atoms with Gasteiger partial charge in [-0.1, -0.05) is 0 Å². The van der Waals surface area contributed by atoms with Crippen molar-refractivity contribution in [3.63, 3.8) is 0 Å². The maximum Gasteiger partial charge on any atom is 0.508 e. The summed E-state index contributed by atoms with van der Waals surface area (Å²) >= 11 is 0. The summed E-state index contributed by atoms with van der Waals surface area (Å²) in [7, 11) is 7.10. The zero-order chi connectivity index (χ0) is 35.5. The van der Waals surface area contributed by atoms with E-state index in [-0.39, 0.29) is 29.8 Å².